The topological polar surface area (TPSA) is 83.7 Å². The number of benzene rings is 2. The molecule has 0 saturated carbocycles. The van der Waals surface area contributed by atoms with E-state index in [2.05, 4.69) is 66.6 Å². The third-order valence-electron chi connectivity index (χ3n) is 5.45. The van der Waals surface area contributed by atoms with Gasteiger partial charge in [-0.3, -0.25) is 10.00 Å². The highest BCUT2D eigenvalue weighted by Crippen LogP contribution is 2.18. The Hall–Kier alpha value is -3.37. The number of hydrogen-bond donors (Lipinski definition) is 1. The lowest BCUT2D eigenvalue weighted by Gasteiger charge is -2.34. The zero-order valence-electron chi connectivity index (χ0n) is 17.2. The average Bonchev–Trinajstić information content (AvgIpc) is 3.43. The molecule has 3 heterocycles. The van der Waals surface area contributed by atoms with Gasteiger partial charge in [0.25, 0.3) is 0 Å². The summed E-state index contributed by atoms with van der Waals surface area (Å²) in [5, 5.41) is 15.6. The van der Waals surface area contributed by atoms with E-state index in [-0.39, 0.29) is 0 Å². The van der Waals surface area contributed by atoms with Crippen LogP contribution in [-0.4, -0.2) is 66.1 Å². The summed E-state index contributed by atoms with van der Waals surface area (Å²) in [5.74, 6) is 1.57. The molecule has 2 aromatic heterocycles. The normalized spacial score (nSPS) is 14.8. The van der Waals surface area contributed by atoms with E-state index in [1.54, 1.807) is 4.68 Å². The number of aromatic amines is 1. The summed E-state index contributed by atoms with van der Waals surface area (Å²) >= 11 is 5.48. The first kappa shape index (κ1) is 19.6. The Kier molecular flexibility index (Phi) is 5.31. The minimum absolute atomic E-state index is 0.561. The fourth-order valence-corrected chi connectivity index (χ4v) is 3.89. The standard InChI is InChI=1S/C21H23N9S/c1-16-7-9-17(10-8-16)19-22-21(31)29(24-19)15-27-11-13-28(14-12-27)20-23-25-26-30(20)18-5-3-2-4-6-18/h2-10H,11-15H2,1H3,(H,22,24,31). The highest BCUT2D eigenvalue weighted by molar-refractivity contribution is 7.71. The maximum absolute atomic E-state index is 5.48. The largest absolute Gasteiger partial charge is 0.337 e. The van der Waals surface area contributed by atoms with Crippen LogP contribution in [0.15, 0.2) is 54.6 Å². The Morgan fingerprint density at radius 1 is 0.968 bits per heavy atom. The SMILES string of the molecule is Cc1ccc(-c2nc(=S)n(CN3CCN(c4nnnn4-c4ccccc4)CC3)[nH]2)cc1. The van der Waals surface area contributed by atoms with Gasteiger partial charge in [-0.1, -0.05) is 53.1 Å². The van der Waals surface area contributed by atoms with Gasteiger partial charge in [0.2, 0.25) is 10.7 Å². The smallest absolute Gasteiger partial charge is 0.250 e. The summed E-state index contributed by atoms with van der Waals surface area (Å²) in [5.41, 5.74) is 3.21. The van der Waals surface area contributed by atoms with Gasteiger partial charge in [0, 0.05) is 31.7 Å². The van der Waals surface area contributed by atoms with E-state index in [0.29, 0.717) is 11.4 Å². The van der Waals surface area contributed by atoms with Crippen LogP contribution in [0, 0.1) is 11.7 Å². The molecular weight excluding hydrogens is 410 g/mol. The van der Waals surface area contributed by atoms with Gasteiger partial charge in [-0.15, -0.1) is 0 Å². The molecule has 1 aliphatic heterocycles. The molecule has 1 fully saturated rings. The molecule has 1 saturated heterocycles. The lowest BCUT2D eigenvalue weighted by Crippen LogP contribution is -2.47. The summed E-state index contributed by atoms with van der Waals surface area (Å²) in [6.07, 6.45) is 0. The van der Waals surface area contributed by atoms with Gasteiger partial charge in [-0.05, 0) is 41.7 Å². The molecule has 31 heavy (non-hydrogen) atoms. The molecule has 10 heteroatoms. The van der Waals surface area contributed by atoms with Crippen molar-refractivity contribution in [2.24, 2.45) is 0 Å². The first-order valence-corrected chi connectivity index (χ1v) is 10.6. The molecule has 1 N–H and O–H groups in total. The van der Waals surface area contributed by atoms with Crippen LogP contribution in [0.4, 0.5) is 5.95 Å². The number of aromatic nitrogens is 7. The number of nitrogens with zero attached hydrogens (tertiary/aromatic N) is 8. The van der Waals surface area contributed by atoms with Crippen LogP contribution in [0.1, 0.15) is 5.56 Å². The highest BCUT2D eigenvalue weighted by Gasteiger charge is 2.22. The molecule has 158 valence electrons. The Bertz CT molecular complexity index is 1200. The van der Waals surface area contributed by atoms with E-state index < -0.39 is 0 Å². The molecule has 2 aromatic carbocycles. The Labute approximate surface area is 184 Å². The Morgan fingerprint density at radius 2 is 1.71 bits per heavy atom. The second-order valence-electron chi connectivity index (χ2n) is 7.62. The van der Waals surface area contributed by atoms with Gasteiger partial charge in [-0.2, -0.15) is 9.67 Å². The monoisotopic (exact) mass is 433 g/mol. The van der Waals surface area contributed by atoms with Crippen molar-refractivity contribution < 1.29 is 0 Å². The summed E-state index contributed by atoms with van der Waals surface area (Å²) in [6, 6.07) is 18.2. The maximum Gasteiger partial charge on any atom is 0.250 e. The number of H-pyrrole nitrogens is 1. The van der Waals surface area contributed by atoms with Gasteiger partial charge >= 0.3 is 0 Å². The lowest BCUT2D eigenvalue weighted by atomic mass is 10.1. The molecule has 5 rings (SSSR count). The van der Waals surface area contributed by atoms with Crippen molar-refractivity contribution in [3.63, 3.8) is 0 Å². The first-order valence-electron chi connectivity index (χ1n) is 10.2. The van der Waals surface area contributed by atoms with Gasteiger partial charge in [0.1, 0.15) is 0 Å². The van der Waals surface area contributed by atoms with E-state index in [9.17, 15) is 0 Å². The molecule has 0 atom stereocenters. The molecule has 9 nitrogen and oxygen atoms in total. The van der Waals surface area contributed by atoms with Crippen LogP contribution in [-0.2, 0) is 6.67 Å². The lowest BCUT2D eigenvalue weighted by molar-refractivity contribution is 0.193. The van der Waals surface area contributed by atoms with E-state index in [4.69, 9.17) is 12.2 Å². The maximum atomic E-state index is 5.48. The number of tetrazole rings is 1. The predicted molar refractivity (Wildman–Crippen MR) is 121 cm³/mol. The van der Waals surface area contributed by atoms with Crippen LogP contribution < -0.4 is 4.90 Å². The van der Waals surface area contributed by atoms with Crippen LogP contribution >= 0.6 is 12.2 Å². The second-order valence-corrected chi connectivity index (χ2v) is 7.99. The van der Waals surface area contributed by atoms with Crippen molar-refractivity contribution >= 4 is 18.2 Å². The summed E-state index contributed by atoms with van der Waals surface area (Å²) in [7, 11) is 0. The molecule has 0 aliphatic carbocycles. The fourth-order valence-electron chi connectivity index (χ4n) is 3.70. The van der Waals surface area contributed by atoms with E-state index >= 15 is 0 Å². The summed E-state index contributed by atoms with van der Waals surface area (Å²) < 4.78 is 4.27. The number of rotatable bonds is 5. The van der Waals surface area contributed by atoms with E-state index in [1.807, 2.05) is 35.0 Å². The van der Waals surface area contributed by atoms with E-state index in [1.165, 1.54) is 5.56 Å². The highest BCUT2D eigenvalue weighted by atomic mass is 32.1. The van der Waals surface area contributed by atoms with Gasteiger partial charge in [0.15, 0.2) is 5.82 Å². The zero-order chi connectivity index (χ0) is 21.2. The van der Waals surface area contributed by atoms with Crippen molar-refractivity contribution in [3.05, 3.63) is 64.9 Å². The van der Waals surface area contributed by atoms with Crippen molar-refractivity contribution in [3.8, 4) is 17.1 Å². The predicted octanol–water partition coefficient (Wildman–Crippen LogP) is 2.67. The van der Waals surface area contributed by atoms with Gasteiger partial charge in [0.05, 0.1) is 12.4 Å². The molecule has 1 aliphatic rings. The Balaban J connectivity index is 1.25. The minimum atomic E-state index is 0.561. The Morgan fingerprint density at radius 3 is 2.45 bits per heavy atom. The first-order chi connectivity index (χ1) is 15.2. The van der Waals surface area contributed by atoms with Crippen LogP contribution in [0.3, 0.4) is 0 Å². The molecular formula is C21H23N9S. The number of para-hydroxylation sites is 1. The minimum Gasteiger partial charge on any atom is -0.337 e. The number of hydrogen-bond acceptors (Lipinski definition) is 7. The molecule has 0 unspecified atom stereocenters. The van der Waals surface area contributed by atoms with Crippen LogP contribution in [0.25, 0.3) is 17.1 Å². The van der Waals surface area contributed by atoms with Gasteiger partial charge < -0.3 is 4.90 Å². The second kappa shape index (κ2) is 8.40. The molecule has 0 amide bonds. The average molecular weight is 434 g/mol. The van der Waals surface area contributed by atoms with Crippen LogP contribution in [0.2, 0.25) is 0 Å². The quantitative estimate of drug-likeness (QED) is 0.485. The van der Waals surface area contributed by atoms with E-state index in [0.717, 1.165) is 49.2 Å². The number of piperazine rings is 1. The molecule has 4 aromatic rings. The fraction of sp³-hybridized carbons (Fsp3) is 0.286. The number of nitrogens with one attached hydrogen (secondary N) is 1. The zero-order valence-corrected chi connectivity index (χ0v) is 18.0. The summed E-state index contributed by atoms with van der Waals surface area (Å²) in [6.45, 7) is 6.17. The van der Waals surface area contributed by atoms with Gasteiger partial charge in [-0.25, -0.2) is 4.68 Å². The van der Waals surface area contributed by atoms with Crippen LogP contribution in [0.5, 0.6) is 0 Å². The third-order valence-corrected chi connectivity index (χ3v) is 5.77. The molecule has 0 radical (unpaired) electrons. The molecule has 0 bridgehead atoms. The van der Waals surface area contributed by atoms with Crippen molar-refractivity contribution in [2.45, 2.75) is 13.6 Å². The summed E-state index contributed by atoms with van der Waals surface area (Å²) in [4.78, 5) is 9.10. The van der Waals surface area contributed by atoms with Crippen molar-refractivity contribution in [1.82, 2.24) is 39.9 Å². The number of aryl methyl sites for hydroxylation is 1. The molecule has 0 spiro atoms. The van der Waals surface area contributed by atoms with Crippen molar-refractivity contribution in [2.75, 3.05) is 31.1 Å². The third kappa shape index (κ3) is 4.12. The van der Waals surface area contributed by atoms with Crippen molar-refractivity contribution in [1.29, 1.82) is 0 Å². The number of anilines is 1.